The molecule has 3 nitrogen and oxygen atoms in total. The number of rotatable bonds is 3. The summed E-state index contributed by atoms with van der Waals surface area (Å²) in [6.45, 7) is 0.735. The number of amides is 1. The minimum atomic E-state index is -0.148. The molecule has 0 aromatic carbocycles. The average Bonchev–Trinajstić information content (AvgIpc) is 3.20. The highest BCUT2D eigenvalue weighted by atomic mass is 32.1. The SMILES string of the molecule is CN(CC1CC2CCC1C2)C(=O)c1csc(C#CCO)c1. The number of thiophene rings is 1. The van der Waals surface area contributed by atoms with E-state index < -0.39 is 0 Å². The minimum absolute atomic E-state index is 0.0890. The molecule has 2 aliphatic carbocycles. The van der Waals surface area contributed by atoms with E-state index >= 15 is 0 Å². The molecule has 1 heterocycles. The van der Waals surface area contributed by atoms with Crippen LogP contribution in [0.2, 0.25) is 0 Å². The first-order chi connectivity index (χ1) is 10.2. The largest absolute Gasteiger partial charge is 0.384 e. The molecule has 1 aromatic rings. The van der Waals surface area contributed by atoms with Gasteiger partial charge in [0.15, 0.2) is 0 Å². The highest BCUT2D eigenvalue weighted by Crippen LogP contribution is 2.48. The van der Waals surface area contributed by atoms with Crippen LogP contribution in [0, 0.1) is 29.6 Å². The van der Waals surface area contributed by atoms with E-state index in [2.05, 4.69) is 11.8 Å². The number of fused-ring (bicyclic) bond motifs is 2. The van der Waals surface area contributed by atoms with E-state index in [4.69, 9.17) is 5.11 Å². The second-order valence-corrected chi connectivity index (χ2v) is 7.19. The molecule has 1 amide bonds. The van der Waals surface area contributed by atoms with Crippen molar-refractivity contribution in [1.29, 1.82) is 0 Å². The molecule has 4 heteroatoms. The van der Waals surface area contributed by atoms with Crippen LogP contribution >= 0.6 is 11.3 Å². The Labute approximate surface area is 130 Å². The number of aliphatic hydroxyl groups is 1. The molecule has 2 aliphatic rings. The third-order valence-electron chi connectivity index (χ3n) is 4.88. The van der Waals surface area contributed by atoms with Gasteiger partial charge in [0.05, 0.1) is 10.4 Å². The highest BCUT2D eigenvalue weighted by Gasteiger charge is 2.40. The molecule has 3 unspecified atom stereocenters. The summed E-state index contributed by atoms with van der Waals surface area (Å²) < 4.78 is 0. The van der Waals surface area contributed by atoms with Crippen molar-refractivity contribution >= 4 is 17.2 Å². The summed E-state index contributed by atoms with van der Waals surface area (Å²) in [5.74, 6) is 8.02. The first kappa shape index (κ1) is 14.6. The summed E-state index contributed by atoms with van der Waals surface area (Å²) in [7, 11) is 1.91. The standard InChI is InChI=1S/C17H21NO2S/c1-18(10-14-8-12-4-5-13(14)7-12)17(20)15-9-16(21-11-15)3-2-6-19/h9,11-14,19H,4-8,10H2,1H3. The van der Waals surface area contributed by atoms with Crippen LogP contribution in [0.25, 0.3) is 0 Å². The van der Waals surface area contributed by atoms with E-state index in [0.717, 1.165) is 23.3 Å². The van der Waals surface area contributed by atoms with Crippen molar-refractivity contribution in [3.05, 3.63) is 21.9 Å². The average molecular weight is 303 g/mol. The van der Waals surface area contributed by atoms with Gasteiger partial charge in [0, 0.05) is 19.0 Å². The lowest BCUT2D eigenvalue weighted by Gasteiger charge is -2.27. The highest BCUT2D eigenvalue weighted by molar-refractivity contribution is 7.10. The summed E-state index contributed by atoms with van der Waals surface area (Å²) in [5, 5.41) is 10.6. The molecule has 0 saturated heterocycles. The minimum Gasteiger partial charge on any atom is -0.384 e. The van der Waals surface area contributed by atoms with E-state index in [0.29, 0.717) is 11.5 Å². The second kappa shape index (κ2) is 6.21. The maximum atomic E-state index is 12.5. The third kappa shape index (κ3) is 3.14. The molecule has 2 bridgehead atoms. The van der Waals surface area contributed by atoms with Crippen molar-refractivity contribution in [2.24, 2.45) is 17.8 Å². The molecule has 0 spiro atoms. The predicted molar refractivity (Wildman–Crippen MR) is 84.2 cm³/mol. The lowest BCUT2D eigenvalue weighted by atomic mass is 9.88. The second-order valence-electron chi connectivity index (χ2n) is 6.28. The van der Waals surface area contributed by atoms with Gasteiger partial charge < -0.3 is 10.0 Å². The van der Waals surface area contributed by atoms with E-state index in [1.807, 2.05) is 23.4 Å². The van der Waals surface area contributed by atoms with E-state index in [1.165, 1.54) is 37.0 Å². The van der Waals surface area contributed by atoms with Crippen LogP contribution < -0.4 is 0 Å². The Hall–Kier alpha value is -1.31. The Morgan fingerprint density at radius 3 is 3.00 bits per heavy atom. The van der Waals surface area contributed by atoms with Gasteiger partial charge >= 0.3 is 0 Å². The van der Waals surface area contributed by atoms with Gasteiger partial charge in [-0.3, -0.25) is 4.79 Å². The van der Waals surface area contributed by atoms with Crippen LogP contribution in [0.4, 0.5) is 0 Å². The van der Waals surface area contributed by atoms with Gasteiger partial charge in [0.25, 0.3) is 5.91 Å². The molecule has 21 heavy (non-hydrogen) atoms. The van der Waals surface area contributed by atoms with Crippen molar-refractivity contribution in [3.63, 3.8) is 0 Å². The van der Waals surface area contributed by atoms with E-state index in [9.17, 15) is 4.79 Å². The van der Waals surface area contributed by atoms with Gasteiger partial charge in [-0.2, -0.15) is 0 Å². The summed E-state index contributed by atoms with van der Waals surface area (Å²) in [6, 6.07) is 1.83. The molecule has 3 rings (SSSR count). The smallest absolute Gasteiger partial charge is 0.254 e. The molecule has 112 valence electrons. The van der Waals surface area contributed by atoms with Crippen LogP contribution in [0.5, 0.6) is 0 Å². The first-order valence-corrected chi connectivity index (χ1v) is 8.49. The van der Waals surface area contributed by atoms with Gasteiger partial charge in [0.1, 0.15) is 6.61 Å². The number of aliphatic hydroxyl groups excluding tert-OH is 1. The molecule has 2 fully saturated rings. The summed E-state index contributed by atoms with van der Waals surface area (Å²) in [4.78, 5) is 15.2. The molecule has 1 N–H and O–H groups in total. The zero-order chi connectivity index (χ0) is 14.8. The lowest BCUT2D eigenvalue weighted by molar-refractivity contribution is 0.0755. The van der Waals surface area contributed by atoms with Gasteiger partial charge in [-0.15, -0.1) is 11.3 Å². The van der Waals surface area contributed by atoms with Crippen LogP contribution in [0.3, 0.4) is 0 Å². The monoisotopic (exact) mass is 303 g/mol. The lowest BCUT2D eigenvalue weighted by Crippen LogP contribution is -2.33. The normalized spacial score (nSPS) is 26.5. The summed E-state index contributed by atoms with van der Waals surface area (Å²) >= 11 is 1.46. The Balaban J connectivity index is 1.60. The molecule has 0 aliphatic heterocycles. The molecule has 2 saturated carbocycles. The Morgan fingerprint density at radius 1 is 1.48 bits per heavy atom. The van der Waals surface area contributed by atoms with Crippen LogP contribution in [-0.4, -0.2) is 36.1 Å². The Morgan fingerprint density at radius 2 is 2.33 bits per heavy atom. The number of carbonyl (C=O) groups excluding carboxylic acids is 1. The quantitative estimate of drug-likeness (QED) is 0.872. The van der Waals surface area contributed by atoms with Crippen LogP contribution in [-0.2, 0) is 0 Å². The number of carbonyl (C=O) groups is 1. The Kier molecular flexibility index (Phi) is 4.32. The van der Waals surface area contributed by atoms with Gasteiger partial charge in [-0.05, 0) is 43.1 Å². The molecular formula is C17H21NO2S. The third-order valence-corrected chi connectivity index (χ3v) is 5.72. The van der Waals surface area contributed by atoms with Crippen LogP contribution in [0.15, 0.2) is 11.4 Å². The number of nitrogens with zero attached hydrogens (tertiary/aromatic N) is 1. The van der Waals surface area contributed by atoms with Gasteiger partial charge in [-0.1, -0.05) is 18.3 Å². The van der Waals surface area contributed by atoms with Gasteiger partial charge in [-0.25, -0.2) is 0 Å². The van der Waals surface area contributed by atoms with Crippen molar-refractivity contribution in [1.82, 2.24) is 4.90 Å². The predicted octanol–water partition coefficient (Wildman–Crippen LogP) is 2.60. The number of hydrogen-bond donors (Lipinski definition) is 1. The van der Waals surface area contributed by atoms with Gasteiger partial charge in [0.2, 0.25) is 0 Å². The Bertz CT molecular complexity index is 583. The maximum Gasteiger partial charge on any atom is 0.254 e. The zero-order valence-corrected chi connectivity index (χ0v) is 13.2. The van der Waals surface area contributed by atoms with Crippen molar-refractivity contribution in [2.45, 2.75) is 25.7 Å². The van der Waals surface area contributed by atoms with E-state index in [1.54, 1.807) is 0 Å². The van der Waals surface area contributed by atoms with Crippen LogP contribution in [0.1, 0.15) is 40.9 Å². The van der Waals surface area contributed by atoms with Crippen molar-refractivity contribution in [2.75, 3.05) is 20.2 Å². The fraction of sp³-hybridized carbons (Fsp3) is 0.588. The molecule has 1 aromatic heterocycles. The summed E-state index contributed by atoms with van der Waals surface area (Å²) in [5.41, 5.74) is 0.716. The topological polar surface area (TPSA) is 40.5 Å². The summed E-state index contributed by atoms with van der Waals surface area (Å²) in [6.07, 6.45) is 5.44. The zero-order valence-electron chi connectivity index (χ0n) is 12.3. The van der Waals surface area contributed by atoms with Crippen molar-refractivity contribution < 1.29 is 9.90 Å². The molecular weight excluding hydrogens is 282 g/mol. The fourth-order valence-corrected chi connectivity index (χ4v) is 4.64. The molecule has 0 radical (unpaired) electrons. The van der Waals surface area contributed by atoms with E-state index in [-0.39, 0.29) is 12.5 Å². The first-order valence-electron chi connectivity index (χ1n) is 7.61. The molecule has 3 atom stereocenters. The fourth-order valence-electron chi connectivity index (χ4n) is 3.90. The maximum absolute atomic E-state index is 12.5. The number of hydrogen-bond acceptors (Lipinski definition) is 3. The van der Waals surface area contributed by atoms with Crippen molar-refractivity contribution in [3.8, 4) is 11.8 Å².